The number of fused-ring (bicyclic) bond motifs is 1. The quantitative estimate of drug-likeness (QED) is 0.728. The molecule has 4 heterocycles. The molecule has 2 aromatic rings. The van der Waals surface area contributed by atoms with E-state index < -0.39 is 24.6 Å². The number of hydrogen-bond donors (Lipinski definition) is 1. The number of nitrogens with zero attached hydrogens (tertiary/aromatic N) is 4. The van der Waals surface area contributed by atoms with Gasteiger partial charge >= 0.3 is 0 Å². The first-order valence-corrected chi connectivity index (χ1v) is 13.6. The van der Waals surface area contributed by atoms with Crippen LogP contribution in [0.5, 0.6) is 0 Å². The Morgan fingerprint density at radius 2 is 1.93 bits per heavy atom. The Hall–Kier alpha value is -1.98. The molecule has 3 saturated heterocycles. The van der Waals surface area contributed by atoms with Crippen LogP contribution in [0.4, 0.5) is 11.6 Å². The molecule has 30 heavy (non-hydrogen) atoms. The van der Waals surface area contributed by atoms with Crippen molar-refractivity contribution in [3.8, 4) is 0 Å². The van der Waals surface area contributed by atoms with Crippen molar-refractivity contribution in [3.63, 3.8) is 0 Å². The van der Waals surface area contributed by atoms with E-state index >= 15 is 0 Å². The zero-order chi connectivity index (χ0) is 21.1. The molecule has 1 aromatic carbocycles. The fourth-order valence-electron chi connectivity index (χ4n) is 4.61. The molecule has 3 aliphatic heterocycles. The van der Waals surface area contributed by atoms with Gasteiger partial charge in [0.25, 0.3) is 0 Å². The summed E-state index contributed by atoms with van der Waals surface area (Å²) in [6.07, 6.45) is 5.15. The van der Waals surface area contributed by atoms with Gasteiger partial charge in [0.05, 0.1) is 23.2 Å². The first kappa shape index (κ1) is 20.0. The van der Waals surface area contributed by atoms with Crippen molar-refractivity contribution >= 4 is 42.4 Å². The van der Waals surface area contributed by atoms with Crippen LogP contribution in [0.2, 0.25) is 0 Å². The minimum Gasteiger partial charge on any atom is -0.366 e. The maximum Gasteiger partial charge on any atom is 0.223 e. The summed E-state index contributed by atoms with van der Waals surface area (Å²) in [6, 6.07) is 5.97. The van der Waals surface area contributed by atoms with E-state index in [2.05, 4.69) is 15.2 Å². The van der Waals surface area contributed by atoms with Gasteiger partial charge in [-0.2, -0.15) is 0 Å². The molecule has 0 unspecified atom stereocenters. The molecule has 1 spiro atoms. The predicted molar refractivity (Wildman–Crippen MR) is 116 cm³/mol. The van der Waals surface area contributed by atoms with Crippen LogP contribution < -0.4 is 10.2 Å². The van der Waals surface area contributed by atoms with Crippen molar-refractivity contribution in [2.45, 2.75) is 30.1 Å². The van der Waals surface area contributed by atoms with Crippen LogP contribution in [-0.4, -0.2) is 80.1 Å². The third-order valence-corrected chi connectivity index (χ3v) is 10.5. The van der Waals surface area contributed by atoms with E-state index in [0.29, 0.717) is 50.7 Å². The molecule has 0 aliphatic carbocycles. The van der Waals surface area contributed by atoms with Gasteiger partial charge in [0.2, 0.25) is 16.0 Å². The Morgan fingerprint density at radius 3 is 2.53 bits per heavy atom. The van der Waals surface area contributed by atoms with Crippen molar-refractivity contribution in [3.05, 3.63) is 24.4 Å². The Morgan fingerprint density at radius 1 is 1.20 bits per heavy atom. The second-order valence-electron chi connectivity index (χ2n) is 8.60. The maximum absolute atomic E-state index is 12.1. The second-order valence-corrected chi connectivity index (χ2v) is 13.1. The van der Waals surface area contributed by atoms with E-state index in [4.69, 9.17) is 4.98 Å². The van der Waals surface area contributed by atoms with E-state index in [-0.39, 0.29) is 6.04 Å². The average Bonchev–Trinajstić information content (AvgIpc) is 2.66. The first-order valence-electron chi connectivity index (χ1n) is 10.1. The molecule has 5 rings (SSSR count). The van der Waals surface area contributed by atoms with Crippen LogP contribution in [-0.2, 0) is 19.9 Å². The molecule has 0 radical (unpaired) electrons. The standard InChI is InChI=1S/C19H25N5O4S2/c1-29(25,26)24-8-5-15(6-9-24)21-18-20-11-14-3-2-4-16(17(14)22-18)23-12-19(13-23)7-10-30(19,27)28/h2-4,11,15H,5-10,12-13H2,1H3,(H,20,21,22). The van der Waals surface area contributed by atoms with Gasteiger partial charge < -0.3 is 10.2 Å². The van der Waals surface area contributed by atoms with Gasteiger partial charge in [0, 0.05) is 43.8 Å². The summed E-state index contributed by atoms with van der Waals surface area (Å²) in [6.45, 7) is 2.01. The van der Waals surface area contributed by atoms with E-state index in [1.165, 1.54) is 10.6 Å². The van der Waals surface area contributed by atoms with Crippen molar-refractivity contribution in [1.82, 2.24) is 14.3 Å². The summed E-state index contributed by atoms with van der Waals surface area (Å²) < 4.78 is 48.5. The minimum atomic E-state index is -3.15. The van der Waals surface area contributed by atoms with Gasteiger partial charge in [-0.05, 0) is 25.3 Å². The molecular formula is C19H25N5O4S2. The van der Waals surface area contributed by atoms with Crippen molar-refractivity contribution in [2.24, 2.45) is 0 Å². The van der Waals surface area contributed by atoms with Gasteiger partial charge in [0.15, 0.2) is 9.84 Å². The summed E-state index contributed by atoms with van der Waals surface area (Å²) in [7, 11) is -6.11. The van der Waals surface area contributed by atoms with Crippen LogP contribution in [0.15, 0.2) is 24.4 Å². The van der Waals surface area contributed by atoms with Crippen LogP contribution in [0, 0.1) is 0 Å². The molecule has 3 fully saturated rings. The number of benzene rings is 1. The maximum atomic E-state index is 12.1. The second kappa shape index (κ2) is 6.76. The van der Waals surface area contributed by atoms with Gasteiger partial charge in [-0.25, -0.2) is 31.1 Å². The molecule has 9 nitrogen and oxygen atoms in total. The summed E-state index contributed by atoms with van der Waals surface area (Å²) in [5.74, 6) is 0.810. The number of aromatic nitrogens is 2. The minimum absolute atomic E-state index is 0.111. The molecule has 3 aliphatic rings. The monoisotopic (exact) mass is 451 g/mol. The number of nitrogens with one attached hydrogen (secondary N) is 1. The number of sulfone groups is 1. The Balaban J connectivity index is 1.33. The molecule has 0 amide bonds. The van der Waals surface area contributed by atoms with Crippen LogP contribution >= 0.6 is 0 Å². The van der Waals surface area contributed by atoms with Crippen LogP contribution in [0.3, 0.4) is 0 Å². The third-order valence-electron chi connectivity index (χ3n) is 6.63. The smallest absolute Gasteiger partial charge is 0.223 e. The molecule has 0 atom stereocenters. The topological polar surface area (TPSA) is 113 Å². The Bertz CT molecular complexity index is 1200. The van der Waals surface area contributed by atoms with Crippen molar-refractivity contribution in [1.29, 1.82) is 0 Å². The molecule has 162 valence electrons. The fraction of sp³-hybridized carbons (Fsp3) is 0.579. The highest BCUT2D eigenvalue weighted by Crippen LogP contribution is 2.45. The summed E-state index contributed by atoms with van der Waals surface area (Å²) in [5.41, 5.74) is 1.73. The zero-order valence-electron chi connectivity index (χ0n) is 16.8. The predicted octanol–water partition coefficient (Wildman–Crippen LogP) is 0.843. The highest BCUT2D eigenvalue weighted by atomic mass is 32.2. The number of rotatable bonds is 4. The van der Waals surface area contributed by atoms with Gasteiger partial charge in [0.1, 0.15) is 4.75 Å². The van der Waals surface area contributed by atoms with Crippen molar-refractivity contribution in [2.75, 3.05) is 48.4 Å². The largest absolute Gasteiger partial charge is 0.366 e. The molecular weight excluding hydrogens is 426 g/mol. The van der Waals surface area contributed by atoms with E-state index in [1.54, 1.807) is 6.20 Å². The fourth-order valence-corrected chi connectivity index (χ4v) is 7.31. The highest BCUT2D eigenvalue weighted by Gasteiger charge is 2.59. The summed E-state index contributed by atoms with van der Waals surface area (Å²) in [4.78, 5) is 11.2. The number of sulfonamides is 1. The Kier molecular flexibility index (Phi) is 4.50. The average molecular weight is 452 g/mol. The van der Waals surface area contributed by atoms with Gasteiger partial charge in [-0.15, -0.1) is 0 Å². The zero-order valence-corrected chi connectivity index (χ0v) is 18.4. The number of hydrogen-bond acceptors (Lipinski definition) is 8. The van der Waals surface area contributed by atoms with Gasteiger partial charge in [-0.1, -0.05) is 12.1 Å². The molecule has 0 saturated carbocycles. The SMILES string of the molecule is CS(=O)(=O)N1CCC(Nc2ncc3cccc(N4CC5(CCS5(=O)=O)C4)c3n2)CC1. The van der Waals surface area contributed by atoms with E-state index in [1.807, 2.05) is 18.2 Å². The number of piperidine rings is 1. The molecule has 11 heteroatoms. The lowest BCUT2D eigenvalue weighted by Gasteiger charge is -2.55. The highest BCUT2D eigenvalue weighted by molar-refractivity contribution is 7.94. The van der Waals surface area contributed by atoms with Crippen LogP contribution in [0.25, 0.3) is 10.9 Å². The number of anilines is 2. The molecule has 1 aromatic heterocycles. The van der Waals surface area contributed by atoms with Crippen LogP contribution in [0.1, 0.15) is 19.3 Å². The summed E-state index contributed by atoms with van der Waals surface area (Å²) in [5, 5.41) is 4.25. The first-order chi connectivity index (χ1) is 14.2. The lowest BCUT2D eigenvalue weighted by Crippen LogP contribution is -2.72. The number of para-hydroxylation sites is 1. The van der Waals surface area contributed by atoms with Crippen molar-refractivity contribution < 1.29 is 16.8 Å². The molecule has 0 bridgehead atoms. The molecule has 1 N–H and O–H groups in total. The van der Waals surface area contributed by atoms with E-state index in [9.17, 15) is 16.8 Å². The normalized spacial score (nSPS) is 23.8. The van der Waals surface area contributed by atoms with E-state index in [0.717, 1.165) is 23.0 Å². The third kappa shape index (κ3) is 3.23. The van der Waals surface area contributed by atoms with Gasteiger partial charge in [-0.3, -0.25) is 0 Å². The lowest BCUT2D eigenvalue weighted by molar-refractivity contribution is 0.331. The Labute approximate surface area is 176 Å². The lowest BCUT2D eigenvalue weighted by atomic mass is 9.93. The summed E-state index contributed by atoms with van der Waals surface area (Å²) >= 11 is 0.